The van der Waals surface area contributed by atoms with E-state index in [2.05, 4.69) is 10.3 Å². The Morgan fingerprint density at radius 2 is 2.14 bits per heavy atom. The number of hydrogen-bond donors (Lipinski definition) is 2. The van der Waals surface area contributed by atoms with Gasteiger partial charge in [-0.15, -0.1) is 0 Å². The van der Waals surface area contributed by atoms with Crippen LogP contribution in [0.4, 0.5) is 0 Å². The quantitative estimate of drug-likeness (QED) is 0.433. The Hall–Kier alpha value is -0.970. The van der Waals surface area contributed by atoms with E-state index in [1.807, 2.05) is 26.0 Å². The minimum Gasteiger partial charge on any atom is -0.382 e. The van der Waals surface area contributed by atoms with Crippen LogP contribution in [-0.4, -0.2) is 25.7 Å². The number of nitrogens with two attached hydrogens (primary N) is 1. The van der Waals surface area contributed by atoms with Crippen molar-refractivity contribution in [3.63, 3.8) is 0 Å². The van der Waals surface area contributed by atoms with Crippen LogP contribution in [0.3, 0.4) is 0 Å². The van der Waals surface area contributed by atoms with Crippen molar-refractivity contribution in [2.24, 2.45) is 10.7 Å². The highest BCUT2D eigenvalue weighted by Crippen LogP contribution is 2.25. The zero-order valence-corrected chi connectivity index (χ0v) is 14.0. The second-order valence-corrected chi connectivity index (χ2v) is 5.55. The molecule has 1 atom stereocenters. The highest BCUT2D eigenvalue weighted by Gasteiger charge is 2.10. The number of ether oxygens (including phenoxy) is 1. The number of nitrogens with zero attached hydrogens (tertiary/aromatic N) is 1. The predicted octanol–water partition coefficient (Wildman–Crippen LogP) is 3.78. The van der Waals surface area contributed by atoms with E-state index in [0.29, 0.717) is 22.5 Å². The molecule has 6 heteroatoms. The molecular formula is C15H23Cl2N3O. The lowest BCUT2D eigenvalue weighted by Gasteiger charge is -2.16. The first-order chi connectivity index (χ1) is 10.0. The molecule has 0 aliphatic carbocycles. The first-order valence-corrected chi connectivity index (χ1v) is 7.89. The molecule has 0 radical (unpaired) electrons. The lowest BCUT2D eigenvalue weighted by atomic mass is 10.1. The molecule has 0 aliphatic rings. The van der Waals surface area contributed by atoms with Crippen molar-refractivity contribution in [2.75, 3.05) is 19.8 Å². The molecule has 0 spiro atoms. The van der Waals surface area contributed by atoms with Crippen molar-refractivity contribution in [2.45, 2.75) is 32.7 Å². The minimum atomic E-state index is -0.0260. The van der Waals surface area contributed by atoms with Gasteiger partial charge in [0.1, 0.15) is 0 Å². The molecule has 0 aliphatic heterocycles. The molecule has 0 amide bonds. The fourth-order valence-electron chi connectivity index (χ4n) is 1.86. The van der Waals surface area contributed by atoms with Gasteiger partial charge in [0.25, 0.3) is 0 Å². The van der Waals surface area contributed by atoms with E-state index in [4.69, 9.17) is 33.7 Å². The standard InChI is InChI=1S/C15H23Cl2N3O/c1-3-21-9-5-4-8-19-15(18)20-11(2)13-7-6-12(16)10-14(13)17/h6-7,10-11H,3-5,8-9H2,1-2H3,(H3,18,19,20). The smallest absolute Gasteiger partial charge is 0.189 e. The Labute approximate surface area is 136 Å². The van der Waals surface area contributed by atoms with Gasteiger partial charge in [0.2, 0.25) is 0 Å². The molecule has 0 heterocycles. The van der Waals surface area contributed by atoms with Crippen LogP contribution in [0.1, 0.15) is 38.3 Å². The van der Waals surface area contributed by atoms with Gasteiger partial charge in [-0.3, -0.25) is 4.99 Å². The topological polar surface area (TPSA) is 59.6 Å². The van der Waals surface area contributed by atoms with Crippen molar-refractivity contribution in [3.05, 3.63) is 33.8 Å². The normalized spacial score (nSPS) is 13.2. The van der Waals surface area contributed by atoms with Crippen LogP contribution >= 0.6 is 23.2 Å². The van der Waals surface area contributed by atoms with Gasteiger partial charge in [0.15, 0.2) is 5.96 Å². The van der Waals surface area contributed by atoms with E-state index in [1.54, 1.807) is 6.07 Å². The molecule has 0 aromatic heterocycles. The van der Waals surface area contributed by atoms with E-state index < -0.39 is 0 Å². The van der Waals surface area contributed by atoms with Crippen LogP contribution in [0.15, 0.2) is 23.2 Å². The third-order valence-corrected chi connectivity index (χ3v) is 3.54. The van der Waals surface area contributed by atoms with Crippen LogP contribution in [0, 0.1) is 0 Å². The van der Waals surface area contributed by atoms with Crippen LogP contribution in [0.25, 0.3) is 0 Å². The predicted molar refractivity (Wildman–Crippen MR) is 90.2 cm³/mol. The molecule has 0 fully saturated rings. The van der Waals surface area contributed by atoms with E-state index in [-0.39, 0.29) is 6.04 Å². The zero-order chi connectivity index (χ0) is 15.7. The maximum absolute atomic E-state index is 6.16. The van der Waals surface area contributed by atoms with Gasteiger partial charge in [-0.1, -0.05) is 29.3 Å². The summed E-state index contributed by atoms with van der Waals surface area (Å²) in [6.45, 7) is 6.19. The molecule has 0 bridgehead atoms. The number of nitrogens with one attached hydrogen (secondary N) is 1. The van der Waals surface area contributed by atoms with Crippen LogP contribution in [0.5, 0.6) is 0 Å². The number of guanidine groups is 1. The molecule has 1 aromatic carbocycles. The average molecular weight is 332 g/mol. The highest BCUT2D eigenvalue weighted by molar-refractivity contribution is 6.35. The monoisotopic (exact) mass is 331 g/mol. The Kier molecular flexibility index (Phi) is 8.50. The maximum Gasteiger partial charge on any atom is 0.189 e. The Balaban J connectivity index is 2.40. The van der Waals surface area contributed by atoms with Crippen molar-refractivity contribution < 1.29 is 4.74 Å². The summed E-state index contributed by atoms with van der Waals surface area (Å²) in [4.78, 5) is 4.29. The van der Waals surface area contributed by atoms with Crippen LogP contribution in [-0.2, 0) is 4.74 Å². The lowest BCUT2D eigenvalue weighted by Crippen LogP contribution is -2.34. The molecule has 3 N–H and O–H groups in total. The van der Waals surface area contributed by atoms with Gasteiger partial charge in [-0.2, -0.15) is 0 Å². The summed E-state index contributed by atoms with van der Waals surface area (Å²) < 4.78 is 5.26. The van der Waals surface area contributed by atoms with Gasteiger partial charge in [-0.05, 0) is 44.4 Å². The summed E-state index contributed by atoms with van der Waals surface area (Å²) in [5.74, 6) is 0.421. The molecule has 0 saturated heterocycles. The maximum atomic E-state index is 6.16. The summed E-state index contributed by atoms with van der Waals surface area (Å²) in [5.41, 5.74) is 6.81. The van der Waals surface area contributed by atoms with Gasteiger partial charge < -0.3 is 15.8 Å². The molecule has 21 heavy (non-hydrogen) atoms. The van der Waals surface area contributed by atoms with Crippen molar-refractivity contribution in [1.82, 2.24) is 5.32 Å². The third-order valence-electron chi connectivity index (χ3n) is 2.98. The van der Waals surface area contributed by atoms with Crippen molar-refractivity contribution in [3.8, 4) is 0 Å². The fourth-order valence-corrected chi connectivity index (χ4v) is 2.43. The van der Waals surface area contributed by atoms with Gasteiger partial charge in [0, 0.05) is 29.8 Å². The summed E-state index contributed by atoms with van der Waals surface area (Å²) in [6.07, 6.45) is 1.95. The van der Waals surface area contributed by atoms with E-state index >= 15 is 0 Å². The highest BCUT2D eigenvalue weighted by atomic mass is 35.5. The Morgan fingerprint density at radius 1 is 1.38 bits per heavy atom. The second-order valence-electron chi connectivity index (χ2n) is 4.70. The average Bonchev–Trinajstić information content (AvgIpc) is 2.42. The van der Waals surface area contributed by atoms with Gasteiger partial charge in [-0.25, -0.2) is 0 Å². The minimum absolute atomic E-state index is 0.0260. The van der Waals surface area contributed by atoms with Gasteiger partial charge in [0.05, 0.1) is 6.04 Å². The number of hydrogen-bond acceptors (Lipinski definition) is 2. The summed E-state index contributed by atoms with van der Waals surface area (Å²) in [6, 6.07) is 5.39. The van der Waals surface area contributed by atoms with E-state index in [9.17, 15) is 0 Å². The molecule has 1 unspecified atom stereocenters. The molecular weight excluding hydrogens is 309 g/mol. The molecule has 0 saturated carbocycles. The summed E-state index contributed by atoms with van der Waals surface area (Å²) in [7, 11) is 0. The van der Waals surface area contributed by atoms with Crippen molar-refractivity contribution >= 4 is 29.2 Å². The summed E-state index contributed by atoms with van der Waals surface area (Å²) in [5, 5.41) is 4.36. The molecule has 1 rings (SSSR count). The van der Waals surface area contributed by atoms with Gasteiger partial charge >= 0.3 is 0 Å². The van der Waals surface area contributed by atoms with Crippen LogP contribution in [0.2, 0.25) is 10.0 Å². The number of unbranched alkanes of at least 4 members (excludes halogenated alkanes) is 1. The third kappa shape index (κ3) is 7.02. The van der Waals surface area contributed by atoms with E-state index in [1.165, 1.54) is 0 Å². The number of rotatable bonds is 8. The Morgan fingerprint density at radius 3 is 2.81 bits per heavy atom. The second kappa shape index (κ2) is 9.87. The molecule has 1 aromatic rings. The van der Waals surface area contributed by atoms with E-state index in [0.717, 1.165) is 31.6 Å². The molecule has 4 nitrogen and oxygen atoms in total. The SMILES string of the molecule is CCOCCCCN=C(N)NC(C)c1ccc(Cl)cc1Cl. The number of benzene rings is 1. The molecule has 118 valence electrons. The number of halogens is 2. The van der Waals surface area contributed by atoms with Crippen LogP contribution < -0.4 is 11.1 Å². The first-order valence-electron chi connectivity index (χ1n) is 7.13. The fraction of sp³-hybridized carbons (Fsp3) is 0.533. The zero-order valence-electron chi connectivity index (χ0n) is 12.5. The Bertz CT molecular complexity index is 466. The summed E-state index contributed by atoms with van der Waals surface area (Å²) >= 11 is 12.0. The first kappa shape index (κ1) is 18.1. The lowest BCUT2D eigenvalue weighted by molar-refractivity contribution is 0.144. The largest absolute Gasteiger partial charge is 0.382 e. The van der Waals surface area contributed by atoms with Crippen molar-refractivity contribution in [1.29, 1.82) is 0 Å². The number of aliphatic imine (C=N–C) groups is 1.